The molecular formula is C26H30N4O3S. The number of sulfonamides is 1. The molecule has 2 heterocycles. The average Bonchev–Trinajstić information content (AvgIpc) is 3.28. The first-order chi connectivity index (χ1) is 16.4. The number of rotatable bonds is 8. The van der Waals surface area contributed by atoms with Gasteiger partial charge in [-0.25, -0.2) is 13.4 Å². The third-order valence-corrected chi connectivity index (χ3v) is 8.05. The maximum absolute atomic E-state index is 12.6. The van der Waals surface area contributed by atoms with Gasteiger partial charge in [0.2, 0.25) is 15.9 Å². The Morgan fingerprint density at radius 2 is 1.88 bits per heavy atom. The first-order valence-corrected chi connectivity index (χ1v) is 13.1. The van der Waals surface area contributed by atoms with E-state index in [4.69, 9.17) is 4.98 Å². The molecule has 2 aromatic carbocycles. The van der Waals surface area contributed by atoms with E-state index < -0.39 is 10.0 Å². The fourth-order valence-corrected chi connectivity index (χ4v) is 5.59. The van der Waals surface area contributed by atoms with Crippen molar-refractivity contribution in [3.05, 3.63) is 72.2 Å². The molecule has 0 spiro atoms. The number of hydrogen-bond donors (Lipinski definition) is 1. The summed E-state index contributed by atoms with van der Waals surface area (Å²) in [4.78, 5) is 17.5. The van der Waals surface area contributed by atoms with Gasteiger partial charge in [0.25, 0.3) is 0 Å². The molecule has 1 aliphatic heterocycles. The Kier molecular flexibility index (Phi) is 7.29. The van der Waals surface area contributed by atoms with Gasteiger partial charge in [-0.3, -0.25) is 4.79 Å². The van der Waals surface area contributed by atoms with Gasteiger partial charge in [0.15, 0.2) is 0 Å². The summed E-state index contributed by atoms with van der Waals surface area (Å²) in [5.41, 5.74) is 3.32. The molecule has 4 rings (SSSR count). The Balaban J connectivity index is 1.41. The summed E-state index contributed by atoms with van der Waals surface area (Å²) in [5, 5.41) is 2.89. The van der Waals surface area contributed by atoms with Crippen LogP contribution in [-0.4, -0.2) is 41.3 Å². The summed E-state index contributed by atoms with van der Waals surface area (Å²) in [6.07, 6.45) is 8.54. The number of aryl methyl sites for hydroxylation is 2. The minimum Gasteiger partial charge on any atom is -0.334 e. The van der Waals surface area contributed by atoms with Crippen LogP contribution in [0.4, 0.5) is 5.69 Å². The van der Waals surface area contributed by atoms with E-state index in [2.05, 4.69) is 16.1 Å². The zero-order valence-corrected chi connectivity index (χ0v) is 20.4. The van der Waals surface area contributed by atoms with E-state index in [1.807, 2.05) is 38.1 Å². The number of fused-ring (bicyclic) bond motifs is 1. The SMILES string of the molecule is CCN(CC)S(=O)(=O)c1ccc(C=CC(=O)Nc2cccc(-c3cn4c(n3)CCCC4)c2)cc1. The number of aromatic nitrogens is 2. The molecule has 3 aromatic rings. The molecule has 0 radical (unpaired) electrons. The summed E-state index contributed by atoms with van der Waals surface area (Å²) in [6, 6.07) is 14.2. The van der Waals surface area contributed by atoms with Crippen LogP contribution in [-0.2, 0) is 27.8 Å². The molecule has 0 unspecified atom stereocenters. The number of carbonyl (C=O) groups excluding carboxylic acids is 1. The van der Waals surface area contributed by atoms with Gasteiger partial charge in [-0.2, -0.15) is 4.31 Å². The number of anilines is 1. The Morgan fingerprint density at radius 3 is 2.59 bits per heavy atom. The average molecular weight is 479 g/mol. The van der Waals surface area contributed by atoms with Gasteiger partial charge in [0.05, 0.1) is 10.6 Å². The fraction of sp³-hybridized carbons (Fsp3) is 0.308. The maximum Gasteiger partial charge on any atom is 0.248 e. The third-order valence-electron chi connectivity index (χ3n) is 5.98. The molecule has 178 valence electrons. The van der Waals surface area contributed by atoms with Crippen LogP contribution < -0.4 is 5.32 Å². The standard InChI is InChI=1S/C26H30N4O3S/c1-3-30(4-2)34(32,33)23-14-11-20(12-15-23)13-16-26(31)27-22-9-7-8-21(18-22)24-19-29-17-6-5-10-25(29)28-24/h7-9,11-16,18-19H,3-6,10,17H2,1-2H3,(H,27,31). The van der Waals surface area contributed by atoms with Crippen LogP contribution in [0, 0.1) is 0 Å². The van der Waals surface area contributed by atoms with Crippen LogP contribution in [0.25, 0.3) is 17.3 Å². The first kappa shape index (κ1) is 23.9. The van der Waals surface area contributed by atoms with Gasteiger partial charge in [0.1, 0.15) is 5.82 Å². The van der Waals surface area contributed by atoms with E-state index in [-0.39, 0.29) is 10.8 Å². The van der Waals surface area contributed by atoms with E-state index in [9.17, 15) is 13.2 Å². The Labute approximate surface area is 201 Å². The minimum absolute atomic E-state index is 0.246. The summed E-state index contributed by atoms with van der Waals surface area (Å²) >= 11 is 0. The summed E-state index contributed by atoms with van der Waals surface area (Å²) < 4.78 is 28.8. The lowest BCUT2D eigenvalue weighted by Crippen LogP contribution is -2.30. The monoisotopic (exact) mass is 478 g/mol. The molecule has 34 heavy (non-hydrogen) atoms. The van der Waals surface area contributed by atoms with Gasteiger partial charge in [0, 0.05) is 49.6 Å². The Bertz CT molecular complexity index is 1270. The highest BCUT2D eigenvalue weighted by atomic mass is 32.2. The molecule has 1 amide bonds. The van der Waals surface area contributed by atoms with Gasteiger partial charge < -0.3 is 9.88 Å². The lowest BCUT2D eigenvalue weighted by molar-refractivity contribution is -0.111. The predicted molar refractivity (Wildman–Crippen MR) is 135 cm³/mol. The largest absolute Gasteiger partial charge is 0.334 e. The molecule has 0 bridgehead atoms. The molecule has 7 nitrogen and oxygen atoms in total. The second-order valence-corrected chi connectivity index (χ2v) is 10.2. The van der Waals surface area contributed by atoms with Crippen molar-refractivity contribution in [1.82, 2.24) is 13.9 Å². The van der Waals surface area contributed by atoms with Crippen molar-refractivity contribution < 1.29 is 13.2 Å². The Hall–Kier alpha value is -3.23. The van der Waals surface area contributed by atoms with E-state index in [0.29, 0.717) is 18.8 Å². The molecule has 0 saturated carbocycles. The van der Waals surface area contributed by atoms with Crippen LogP contribution in [0.5, 0.6) is 0 Å². The van der Waals surface area contributed by atoms with Gasteiger partial charge in [-0.15, -0.1) is 0 Å². The highest BCUT2D eigenvalue weighted by Crippen LogP contribution is 2.25. The third kappa shape index (κ3) is 5.29. The molecule has 1 aromatic heterocycles. The highest BCUT2D eigenvalue weighted by Gasteiger charge is 2.21. The van der Waals surface area contributed by atoms with Gasteiger partial charge in [-0.05, 0) is 48.7 Å². The van der Waals surface area contributed by atoms with Crippen molar-refractivity contribution in [2.24, 2.45) is 0 Å². The van der Waals surface area contributed by atoms with E-state index in [1.165, 1.54) is 23.2 Å². The maximum atomic E-state index is 12.6. The molecule has 0 fully saturated rings. The number of carbonyl (C=O) groups is 1. The number of amides is 1. The number of imidazole rings is 1. The van der Waals surface area contributed by atoms with Crippen LogP contribution in [0.2, 0.25) is 0 Å². The Morgan fingerprint density at radius 1 is 1.12 bits per heavy atom. The number of benzene rings is 2. The van der Waals surface area contributed by atoms with Crippen molar-refractivity contribution in [3.63, 3.8) is 0 Å². The van der Waals surface area contributed by atoms with Crippen LogP contribution in [0.15, 0.2) is 65.7 Å². The molecule has 0 aliphatic carbocycles. The molecule has 1 aliphatic rings. The first-order valence-electron chi connectivity index (χ1n) is 11.7. The van der Waals surface area contributed by atoms with Crippen molar-refractivity contribution >= 4 is 27.7 Å². The zero-order valence-electron chi connectivity index (χ0n) is 19.6. The normalized spacial score (nSPS) is 13.9. The van der Waals surface area contributed by atoms with Crippen molar-refractivity contribution in [2.45, 2.75) is 44.6 Å². The quantitative estimate of drug-likeness (QED) is 0.481. The fourth-order valence-electron chi connectivity index (χ4n) is 4.13. The van der Waals surface area contributed by atoms with E-state index in [0.717, 1.165) is 35.6 Å². The second kappa shape index (κ2) is 10.4. The van der Waals surface area contributed by atoms with Crippen molar-refractivity contribution in [3.8, 4) is 11.3 Å². The summed E-state index contributed by atoms with van der Waals surface area (Å²) in [7, 11) is -3.49. The predicted octanol–water partition coefficient (Wildman–Crippen LogP) is 4.57. The van der Waals surface area contributed by atoms with Crippen LogP contribution in [0.1, 0.15) is 38.1 Å². The molecule has 0 atom stereocenters. The zero-order chi connectivity index (χ0) is 24.1. The van der Waals surface area contributed by atoms with Gasteiger partial charge >= 0.3 is 0 Å². The van der Waals surface area contributed by atoms with Gasteiger partial charge in [-0.1, -0.05) is 38.1 Å². The topological polar surface area (TPSA) is 84.3 Å². The molecular weight excluding hydrogens is 448 g/mol. The highest BCUT2D eigenvalue weighted by molar-refractivity contribution is 7.89. The molecule has 0 saturated heterocycles. The number of hydrogen-bond acceptors (Lipinski definition) is 4. The smallest absolute Gasteiger partial charge is 0.248 e. The van der Waals surface area contributed by atoms with Crippen LogP contribution in [0.3, 0.4) is 0 Å². The number of nitrogens with one attached hydrogen (secondary N) is 1. The molecule has 8 heteroatoms. The summed E-state index contributed by atoms with van der Waals surface area (Å²) in [6.45, 7) is 5.48. The van der Waals surface area contributed by atoms with E-state index in [1.54, 1.807) is 30.3 Å². The lowest BCUT2D eigenvalue weighted by atomic mass is 10.1. The lowest BCUT2D eigenvalue weighted by Gasteiger charge is -2.18. The second-order valence-electron chi connectivity index (χ2n) is 8.25. The van der Waals surface area contributed by atoms with Crippen molar-refractivity contribution in [2.75, 3.05) is 18.4 Å². The van der Waals surface area contributed by atoms with Crippen LogP contribution >= 0.6 is 0 Å². The summed E-state index contributed by atoms with van der Waals surface area (Å²) in [5.74, 6) is 0.857. The number of nitrogens with zero attached hydrogens (tertiary/aromatic N) is 3. The van der Waals surface area contributed by atoms with Crippen molar-refractivity contribution in [1.29, 1.82) is 0 Å². The minimum atomic E-state index is -3.49. The van der Waals surface area contributed by atoms with E-state index >= 15 is 0 Å². The molecule has 1 N–H and O–H groups in total.